The summed E-state index contributed by atoms with van der Waals surface area (Å²) in [5.74, 6) is -0.209. The zero-order chi connectivity index (χ0) is 12.8. The molecule has 90 valence electrons. The Morgan fingerprint density at radius 1 is 1.53 bits per heavy atom. The van der Waals surface area contributed by atoms with Crippen LogP contribution >= 0.6 is 28.1 Å². The van der Waals surface area contributed by atoms with Crippen molar-refractivity contribution in [3.63, 3.8) is 0 Å². The van der Waals surface area contributed by atoms with E-state index in [-0.39, 0.29) is 10.6 Å². The molecule has 0 atom stereocenters. The number of nitrogens with zero attached hydrogens (tertiary/aromatic N) is 2. The summed E-state index contributed by atoms with van der Waals surface area (Å²) >= 11 is 7.64. The summed E-state index contributed by atoms with van der Waals surface area (Å²) in [6, 6.07) is 6.87. The maximum Gasteiger partial charge on any atom is 0.398 e. The van der Waals surface area contributed by atoms with Gasteiger partial charge in [-0.3, -0.25) is 0 Å². The summed E-state index contributed by atoms with van der Waals surface area (Å²) in [6.07, 6.45) is 0.927. The fraction of sp³-hybridized carbons (Fsp3) is 0. The van der Waals surface area contributed by atoms with Crippen molar-refractivity contribution < 1.29 is 15.2 Å². The number of hydrogen-bond donors (Lipinski definition) is 3. The maximum atomic E-state index is 11.0. The summed E-state index contributed by atoms with van der Waals surface area (Å²) < 4.78 is 0.657. The molecule has 0 spiro atoms. The van der Waals surface area contributed by atoms with Gasteiger partial charge in [-0.1, -0.05) is 39.2 Å². The quantitative estimate of drug-likeness (QED) is 0.256. The molecule has 0 aliphatic heterocycles. The van der Waals surface area contributed by atoms with Gasteiger partial charge in [0.2, 0.25) is 0 Å². The third-order valence-corrected chi connectivity index (χ3v) is 2.64. The second-order valence-corrected chi connectivity index (χ2v) is 4.04. The molecule has 0 amide bonds. The Hall–Kier alpha value is -1.51. The zero-order valence-corrected chi connectivity index (χ0v) is 10.8. The lowest BCUT2D eigenvalue weighted by Crippen LogP contribution is -2.25. The molecular weight excluding hydrogens is 310 g/mol. The highest BCUT2D eigenvalue weighted by Crippen LogP contribution is 2.21. The molecule has 1 aromatic carbocycles. The molecule has 0 heterocycles. The Balaban J connectivity index is 2.95. The number of hydroxylamine groups is 2. The number of nitrogens with one attached hydrogen (secondary N) is 1. The number of hydrogen-bond acceptors (Lipinski definition) is 5. The minimum atomic E-state index is -0.527. The molecule has 0 aromatic heterocycles. The minimum Gasteiger partial charge on any atom is -0.690 e. The van der Waals surface area contributed by atoms with Gasteiger partial charge in [0.15, 0.2) is 0 Å². The predicted molar refractivity (Wildman–Crippen MR) is 68.3 cm³/mol. The summed E-state index contributed by atoms with van der Waals surface area (Å²) in [5, 5.41) is 31.8. The molecule has 8 heteroatoms. The van der Waals surface area contributed by atoms with Gasteiger partial charge >= 0.3 is 5.11 Å². The van der Waals surface area contributed by atoms with Crippen molar-refractivity contribution in [2.24, 2.45) is 5.11 Å². The van der Waals surface area contributed by atoms with Crippen LogP contribution in [-0.4, -0.2) is 20.3 Å². The average Bonchev–Trinajstić information content (AvgIpc) is 2.35. The van der Waals surface area contributed by atoms with Gasteiger partial charge in [-0.05, 0) is 6.07 Å². The van der Waals surface area contributed by atoms with Crippen molar-refractivity contribution in [3.8, 4) is 0 Å². The smallest absolute Gasteiger partial charge is 0.398 e. The van der Waals surface area contributed by atoms with Gasteiger partial charge in [0.1, 0.15) is 12.0 Å². The van der Waals surface area contributed by atoms with Gasteiger partial charge in [-0.25, -0.2) is 5.21 Å². The fourth-order valence-electron chi connectivity index (χ4n) is 0.941. The first-order valence-electron chi connectivity index (χ1n) is 4.32. The van der Waals surface area contributed by atoms with Crippen LogP contribution in [0.15, 0.2) is 40.1 Å². The van der Waals surface area contributed by atoms with E-state index in [2.05, 4.69) is 33.3 Å². The average molecular weight is 318 g/mol. The third-order valence-electron chi connectivity index (χ3n) is 1.70. The molecule has 1 aromatic rings. The minimum absolute atomic E-state index is 0.0393. The second-order valence-electron chi connectivity index (χ2n) is 2.80. The van der Waals surface area contributed by atoms with E-state index in [0.29, 0.717) is 10.0 Å². The number of thiocarbonyl (C=S) groups is 1. The van der Waals surface area contributed by atoms with E-state index in [1.165, 1.54) is 5.48 Å². The van der Waals surface area contributed by atoms with E-state index in [9.17, 15) is 10.3 Å². The summed E-state index contributed by atoms with van der Waals surface area (Å²) in [7, 11) is 0. The topological polar surface area (TPSA) is 90.9 Å². The van der Waals surface area contributed by atoms with Crippen LogP contribution in [0.3, 0.4) is 0 Å². The number of azo groups is 1. The lowest BCUT2D eigenvalue weighted by atomic mass is 10.2. The normalized spacial score (nSPS) is 12.4. The van der Waals surface area contributed by atoms with Crippen molar-refractivity contribution in [1.82, 2.24) is 5.48 Å². The van der Waals surface area contributed by atoms with E-state index in [1.54, 1.807) is 24.3 Å². The van der Waals surface area contributed by atoms with E-state index in [4.69, 9.17) is 5.21 Å². The zero-order valence-electron chi connectivity index (χ0n) is 8.37. The Morgan fingerprint density at radius 3 is 2.76 bits per heavy atom. The van der Waals surface area contributed by atoms with E-state index < -0.39 is 5.11 Å². The lowest BCUT2D eigenvalue weighted by molar-refractivity contribution is -0.407. The molecule has 0 aliphatic rings. The Kier molecular flexibility index (Phi) is 5.01. The monoisotopic (exact) mass is 317 g/mol. The molecule has 3 N–H and O–H groups in total. The maximum absolute atomic E-state index is 11.0. The number of benzene rings is 1. The van der Waals surface area contributed by atoms with Gasteiger partial charge in [0.25, 0.3) is 0 Å². The first kappa shape index (κ1) is 13.6. The van der Waals surface area contributed by atoms with E-state index in [1.807, 2.05) is 0 Å². The molecule has 0 unspecified atom stereocenters. The Bertz CT molecular complexity index is 490. The molecular formula is C9H8BrN3O3S. The van der Waals surface area contributed by atoms with Gasteiger partial charge in [-0.15, -0.1) is 10.3 Å². The van der Waals surface area contributed by atoms with Crippen LogP contribution in [0.5, 0.6) is 0 Å². The molecule has 0 aliphatic carbocycles. The fourth-order valence-corrected chi connectivity index (χ4v) is 1.48. The van der Waals surface area contributed by atoms with Gasteiger partial charge in [0.05, 0.1) is 0 Å². The van der Waals surface area contributed by atoms with Crippen LogP contribution in [0.2, 0.25) is 0 Å². The van der Waals surface area contributed by atoms with Crippen LogP contribution in [-0.2, 0) is 0 Å². The molecule has 0 saturated heterocycles. The second kappa shape index (κ2) is 6.28. The van der Waals surface area contributed by atoms with Crippen molar-refractivity contribution in [3.05, 3.63) is 45.7 Å². The molecule has 17 heavy (non-hydrogen) atoms. The molecule has 1 rings (SSSR count). The first-order chi connectivity index (χ1) is 8.06. The van der Waals surface area contributed by atoms with E-state index in [0.717, 1.165) is 6.20 Å². The molecule has 0 saturated carbocycles. The van der Waals surface area contributed by atoms with Crippen LogP contribution in [0.25, 0.3) is 5.76 Å². The summed E-state index contributed by atoms with van der Waals surface area (Å²) in [4.78, 5) is -0.0393. The van der Waals surface area contributed by atoms with Crippen molar-refractivity contribution in [1.29, 1.82) is 0 Å². The van der Waals surface area contributed by atoms with Gasteiger partial charge in [0, 0.05) is 22.3 Å². The SMILES string of the molecule is [O-][N+](=N/C=C(\O)c1ccccc1Br)C(=S)NO. The molecule has 0 radical (unpaired) electrons. The first-order valence-corrected chi connectivity index (χ1v) is 5.52. The number of rotatable bonds is 2. The van der Waals surface area contributed by atoms with Crippen LogP contribution in [0.4, 0.5) is 0 Å². The van der Waals surface area contributed by atoms with Crippen molar-refractivity contribution in [2.45, 2.75) is 0 Å². The number of aliphatic hydroxyl groups is 1. The number of halogens is 1. The summed E-state index contributed by atoms with van der Waals surface area (Å²) in [5.41, 5.74) is 1.95. The summed E-state index contributed by atoms with van der Waals surface area (Å²) in [6.45, 7) is 0. The molecule has 0 bridgehead atoms. The van der Waals surface area contributed by atoms with Crippen molar-refractivity contribution >= 4 is 39.0 Å². The Morgan fingerprint density at radius 2 is 2.18 bits per heavy atom. The lowest BCUT2D eigenvalue weighted by Gasteiger charge is -2.03. The van der Waals surface area contributed by atoms with Gasteiger partial charge < -0.3 is 10.3 Å². The van der Waals surface area contributed by atoms with Crippen LogP contribution < -0.4 is 5.48 Å². The van der Waals surface area contributed by atoms with Gasteiger partial charge in [-0.2, -0.15) is 0 Å². The van der Waals surface area contributed by atoms with Crippen molar-refractivity contribution in [2.75, 3.05) is 0 Å². The van der Waals surface area contributed by atoms with Crippen LogP contribution in [0, 0.1) is 5.21 Å². The van der Waals surface area contributed by atoms with Crippen LogP contribution in [0.1, 0.15) is 5.56 Å². The highest BCUT2D eigenvalue weighted by atomic mass is 79.9. The standard InChI is InChI=1S/C9H8BrN3O3S/c10-7-4-2-1-3-6(7)8(14)5-11-13(16)9(17)12-15/h1-5,14-15H,(H,12,17)/b8-5-,13-11?. The van der Waals surface area contributed by atoms with E-state index >= 15 is 0 Å². The Labute approximate surface area is 111 Å². The largest absolute Gasteiger partial charge is 0.690 e. The molecule has 6 nitrogen and oxygen atoms in total. The number of aliphatic hydroxyl groups excluding tert-OH is 1. The molecule has 0 fully saturated rings. The third kappa shape index (κ3) is 3.77. The highest BCUT2D eigenvalue weighted by Gasteiger charge is 2.04. The predicted octanol–water partition coefficient (Wildman–Crippen LogP) is 2.53. The highest BCUT2D eigenvalue weighted by molar-refractivity contribution is 9.10.